The van der Waals surface area contributed by atoms with E-state index >= 15 is 0 Å². The van der Waals surface area contributed by atoms with Crippen LogP contribution in [0.2, 0.25) is 0 Å². The molecule has 1 aliphatic rings. The molecule has 0 N–H and O–H groups in total. The van der Waals surface area contributed by atoms with Gasteiger partial charge in [0.05, 0.1) is 13.5 Å². The van der Waals surface area contributed by atoms with Crippen molar-refractivity contribution in [3.8, 4) is 11.4 Å². The lowest BCUT2D eigenvalue weighted by Gasteiger charge is -2.33. The van der Waals surface area contributed by atoms with Gasteiger partial charge in [0.25, 0.3) is 0 Å². The number of hydroxylamine groups is 2. The smallest absolute Gasteiger partial charge is 0.340 e. The van der Waals surface area contributed by atoms with Crippen molar-refractivity contribution in [3.05, 3.63) is 35.7 Å². The molecule has 2 aromatic rings. The third-order valence-electron chi connectivity index (χ3n) is 4.09. The van der Waals surface area contributed by atoms with Gasteiger partial charge in [-0.25, -0.2) is 0 Å². The molecule has 1 amide bonds. The van der Waals surface area contributed by atoms with Crippen LogP contribution in [-0.2, 0) is 22.2 Å². The van der Waals surface area contributed by atoms with Gasteiger partial charge in [-0.2, -0.15) is 23.2 Å². The van der Waals surface area contributed by atoms with E-state index in [0.29, 0.717) is 31.7 Å². The molecule has 0 aliphatic carbocycles. The van der Waals surface area contributed by atoms with Gasteiger partial charge in [-0.1, -0.05) is 29.4 Å². The SMILES string of the molecule is CON1CCN(C(=O)Cc2ccc(-c3noc(C(F)(F)F)n3)cc2)CC1. The molecule has 1 fully saturated rings. The monoisotopic (exact) mass is 370 g/mol. The number of halogens is 3. The number of aromatic nitrogens is 2. The molecule has 26 heavy (non-hydrogen) atoms. The fourth-order valence-electron chi connectivity index (χ4n) is 2.63. The van der Waals surface area contributed by atoms with Crippen LogP contribution in [0.15, 0.2) is 28.8 Å². The van der Waals surface area contributed by atoms with Crippen molar-refractivity contribution in [3.63, 3.8) is 0 Å². The molecular weight excluding hydrogens is 353 g/mol. The second-order valence-electron chi connectivity index (χ2n) is 5.79. The Bertz CT molecular complexity index is 753. The predicted molar refractivity (Wildman–Crippen MR) is 83.6 cm³/mol. The highest BCUT2D eigenvalue weighted by Crippen LogP contribution is 2.29. The molecule has 1 aromatic carbocycles. The largest absolute Gasteiger partial charge is 0.471 e. The Kier molecular flexibility index (Phi) is 5.23. The number of rotatable bonds is 4. The lowest BCUT2D eigenvalue weighted by molar-refractivity contribution is -0.161. The second kappa shape index (κ2) is 7.42. The Morgan fingerprint density at radius 1 is 1.19 bits per heavy atom. The topological polar surface area (TPSA) is 71.7 Å². The van der Waals surface area contributed by atoms with Gasteiger partial charge in [-0.15, -0.1) is 0 Å². The van der Waals surface area contributed by atoms with E-state index in [1.165, 1.54) is 0 Å². The Hall–Kier alpha value is -2.46. The summed E-state index contributed by atoms with van der Waals surface area (Å²) in [6.45, 7) is 2.49. The molecule has 0 bridgehead atoms. The first-order valence-electron chi connectivity index (χ1n) is 7.94. The summed E-state index contributed by atoms with van der Waals surface area (Å²) >= 11 is 0. The van der Waals surface area contributed by atoms with E-state index in [0.717, 1.165) is 5.56 Å². The van der Waals surface area contributed by atoms with Crippen LogP contribution in [-0.4, -0.2) is 59.3 Å². The molecule has 0 unspecified atom stereocenters. The molecule has 1 aromatic heterocycles. The third kappa shape index (κ3) is 4.20. The molecule has 0 saturated carbocycles. The third-order valence-corrected chi connectivity index (χ3v) is 4.09. The van der Waals surface area contributed by atoms with Gasteiger partial charge in [0.2, 0.25) is 11.7 Å². The zero-order valence-electron chi connectivity index (χ0n) is 14.0. The van der Waals surface area contributed by atoms with Crippen LogP contribution in [0.3, 0.4) is 0 Å². The minimum atomic E-state index is -4.68. The summed E-state index contributed by atoms with van der Waals surface area (Å²) in [6, 6.07) is 6.47. The van der Waals surface area contributed by atoms with Crippen molar-refractivity contribution >= 4 is 5.91 Å². The summed E-state index contributed by atoms with van der Waals surface area (Å²) in [5, 5.41) is 5.12. The van der Waals surface area contributed by atoms with Crippen molar-refractivity contribution in [2.24, 2.45) is 0 Å². The van der Waals surface area contributed by atoms with Crippen molar-refractivity contribution in [1.82, 2.24) is 20.1 Å². The predicted octanol–water partition coefficient (Wildman–Crippen LogP) is 2.00. The van der Waals surface area contributed by atoms with E-state index in [4.69, 9.17) is 4.84 Å². The van der Waals surface area contributed by atoms with E-state index in [9.17, 15) is 18.0 Å². The lowest BCUT2D eigenvalue weighted by atomic mass is 10.1. The van der Waals surface area contributed by atoms with Gasteiger partial charge in [-0.3, -0.25) is 4.79 Å². The van der Waals surface area contributed by atoms with Gasteiger partial charge >= 0.3 is 12.1 Å². The van der Waals surface area contributed by atoms with Crippen molar-refractivity contribution < 1.29 is 27.3 Å². The number of carbonyl (C=O) groups is 1. The number of piperazine rings is 1. The Morgan fingerprint density at radius 2 is 1.85 bits per heavy atom. The maximum Gasteiger partial charge on any atom is 0.471 e. The maximum absolute atomic E-state index is 12.5. The lowest BCUT2D eigenvalue weighted by Crippen LogP contribution is -2.48. The highest BCUT2D eigenvalue weighted by atomic mass is 19.4. The number of amides is 1. The van der Waals surface area contributed by atoms with Crippen LogP contribution in [0, 0.1) is 0 Å². The summed E-state index contributed by atoms with van der Waals surface area (Å²) in [5.74, 6) is -1.54. The summed E-state index contributed by atoms with van der Waals surface area (Å²) in [7, 11) is 1.60. The molecule has 0 atom stereocenters. The minimum absolute atomic E-state index is 0.00702. The number of benzene rings is 1. The Morgan fingerprint density at radius 3 is 2.38 bits per heavy atom. The number of hydrogen-bond donors (Lipinski definition) is 0. The van der Waals surface area contributed by atoms with E-state index < -0.39 is 12.1 Å². The molecule has 3 rings (SSSR count). The van der Waals surface area contributed by atoms with E-state index in [-0.39, 0.29) is 18.2 Å². The number of nitrogens with zero attached hydrogens (tertiary/aromatic N) is 4. The van der Waals surface area contributed by atoms with Crippen molar-refractivity contribution in [2.45, 2.75) is 12.6 Å². The summed E-state index contributed by atoms with van der Waals surface area (Å²) in [4.78, 5) is 22.6. The molecule has 140 valence electrons. The molecule has 1 saturated heterocycles. The highest BCUT2D eigenvalue weighted by molar-refractivity contribution is 5.79. The average Bonchev–Trinajstić information content (AvgIpc) is 3.13. The first-order chi connectivity index (χ1) is 12.4. The second-order valence-corrected chi connectivity index (χ2v) is 5.79. The molecule has 1 aliphatic heterocycles. The zero-order chi connectivity index (χ0) is 18.7. The first-order valence-corrected chi connectivity index (χ1v) is 7.94. The van der Waals surface area contributed by atoms with Crippen molar-refractivity contribution in [2.75, 3.05) is 33.3 Å². The van der Waals surface area contributed by atoms with Crippen LogP contribution >= 0.6 is 0 Å². The molecule has 10 heteroatoms. The summed E-state index contributed by atoms with van der Waals surface area (Å²) in [5.41, 5.74) is 1.14. The number of carbonyl (C=O) groups excluding carboxylic acids is 1. The number of hydrogen-bond acceptors (Lipinski definition) is 6. The molecule has 7 nitrogen and oxygen atoms in total. The highest BCUT2D eigenvalue weighted by Gasteiger charge is 2.38. The van der Waals surface area contributed by atoms with E-state index in [2.05, 4.69) is 14.7 Å². The van der Waals surface area contributed by atoms with Gasteiger partial charge in [-0.05, 0) is 5.56 Å². The Balaban J connectivity index is 1.61. The van der Waals surface area contributed by atoms with Crippen LogP contribution in [0.25, 0.3) is 11.4 Å². The molecular formula is C16H17F3N4O3. The maximum atomic E-state index is 12.5. The van der Waals surface area contributed by atoms with E-state index in [1.807, 2.05) is 0 Å². The molecule has 0 spiro atoms. The van der Waals surface area contributed by atoms with Gasteiger partial charge in [0.15, 0.2) is 0 Å². The zero-order valence-corrected chi connectivity index (χ0v) is 14.0. The number of alkyl halides is 3. The van der Waals surface area contributed by atoms with Crippen LogP contribution in [0.4, 0.5) is 13.2 Å². The molecule has 0 radical (unpaired) electrons. The first kappa shape index (κ1) is 18.3. The average molecular weight is 370 g/mol. The minimum Gasteiger partial charge on any atom is -0.340 e. The fraction of sp³-hybridized carbons (Fsp3) is 0.438. The fourth-order valence-corrected chi connectivity index (χ4v) is 2.63. The summed E-state index contributed by atoms with van der Waals surface area (Å²) < 4.78 is 41.7. The van der Waals surface area contributed by atoms with Crippen LogP contribution < -0.4 is 0 Å². The van der Waals surface area contributed by atoms with Gasteiger partial charge in [0, 0.05) is 31.7 Å². The normalized spacial score (nSPS) is 16.1. The standard InChI is InChI=1S/C16H17F3N4O3/c1-25-23-8-6-22(7-9-23)13(24)10-11-2-4-12(5-3-11)14-20-15(26-21-14)16(17,18)19/h2-5H,6-10H2,1H3. The van der Waals surface area contributed by atoms with Gasteiger partial charge in [0.1, 0.15) is 0 Å². The van der Waals surface area contributed by atoms with Crippen LogP contribution in [0.1, 0.15) is 11.5 Å². The Labute approximate surface area is 147 Å². The van der Waals surface area contributed by atoms with Crippen molar-refractivity contribution in [1.29, 1.82) is 0 Å². The van der Waals surface area contributed by atoms with Gasteiger partial charge < -0.3 is 14.3 Å². The summed E-state index contributed by atoms with van der Waals surface area (Å²) in [6.07, 6.45) is -4.46. The van der Waals surface area contributed by atoms with E-state index in [1.54, 1.807) is 41.3 Å². The van der Waals surface area contributed by atoms with Crippen LogP contribution in [0.5, 0.6) is 0 Å². The quantitative estimate of drug-likeness (QED) is 0.820. The molecule has 2 heterocycles.